The lowest BCUT2D eigenvalue weighted by Crippen LogP contribution is -2.34. The Morgan fingerprint density at radius 1 is 1.26 bits per heavy atom. The van der Waals surface area contributed by atoms with Crippen LogP contribution in [0, 0.1) is 0 Å². The Morgan fingerprint density at radius 3 is 2.89 bits per heavy atom. The van der Waals surface area contributed by atoms with Crippen LogP contribution in [0.15, 0.2) is 42.7 Å². The SMILES string of the molecule is COc1cc(C(C)=O)ccc1OCCCN1CCCC[C@H]1c1cccnc1. The highest BCUT2D eigenvalue weighted by Gasteiger charge is 2.23. The van der Waals surface area contributed by atoms with Crippen LogP contribution in [0.2, 0.25) is 0 Å². The second kappa shape index (κ2) is 9.51. The maximum absolute atomic E-state index is 11.5. The first-order valence-corrected chi connectivity index (χ1v) is 9.65. The number of ketones is 1. The van der Waals surface area contributed by atoms with Crippen molar-refractivity contribution in [1.82, 2.24) is 9.88 Å². The van der Waals surface area contributed by atoms with Gasteiger partial charge in [0.1, 0.15) is 0 Å². The molecule has 1 aromatic heterocycles. The van der Waals surface area contributed by atoms with Gasteiger partial charge in [0.25, 0.3) is 0 Å². The highest BCUT2D eigenvalue weighted by atomic mass is 16.5. The molecule has 27 heavy (non-hydrogen) atoms. The van der Waals surface area contributed by atoms with Crippen molar-refractivity contribution in [2.75, 3.05) is 26.8 Å². The lowest BCUT2D eigenvalue weighted by Gasteiger charge is -2.35. The predicted molar refractivity (Wildman–Crippen MR) is 106 cm³/mol. The monoisotopic (exact) mass is 368 g/mol. The zero-order valence-electron chi connectivity index (χ0n) is 16.2. The average molecular weight is 368 g/mol. The number of piperidine rings is 1. The summed E-state index contributed by atoms with van der Waals surface area (Å²) in [7, 11) is 1.60. The van der Waals surface area contributed by atoms with Gasteiger partial charge in [-0.2, -0.15) is 0 Å². The quantitative estimate of drug-likeness (QED) is 0.514. The summed E-state index contributed by atoms with van der Waals surface area (Å²) in [4.78, 5) is 18.3. The Kier molecular flexibility index (Phi) is 6.82. The number of rotatable bonds is 8. The number of hydrogen-bond donors (Lipinski definition) is 0. The standard InChI is InChI=1S/C22H28N2O3/c1-17(25)18-9-10-21(22(15-18)26-2)27-14-6-13-24-12-4-3-8-20(24)19-7-5-11-23-16-19/h5,7,9-11,15-16,20H,3-4,6,8,12-14H2,1-2H3/t20-/m0/s1. The summed E-state index contributed by atoms with van der Waals surface area (Å²) in [6.45, 7) is 4.28. The first-order chi connectivity index (χ1) is 13.2. The van der Waals surface area contributed by atoms with Crippen LogP contribution in [0.3, 0.4) is 0 Å². The summed E-state index contributed by atoms with van der Waals surface area (Å²) >= 11 is 0. The van der Waals surface area contributed by atoms with Gasteiger partial charge in [-0.15, -0.1) is 0 Å². The summed E-state index contributed by atoms with van der Waals surface area (Å²) in [6.07, 6.45) is 8.46. The number of likely N-dealkylation sites (tertiary alicyclic amines) is 1. The van der Waals surface area contributed by atoms with Gasteiger partial charge in [0.05, 0.1) is 13.7 Å². The van der Waals surface area contributed by atoms with Gasteiger partial charge in [-0.05, 0) is 62.6 Å². The van der Waals surface area contributed by atoms with Crippen molar-refractivity contribution in [2.45, 2.75) is 38.6 Å². The van der Waals surface area contributed by atoms with E-state index in [4.69, 9.17) is 9.47 Å². The number of Topliss-reactive ketones (excluding diaryl/α,β-unsaturated/α-hetero) is 1. The molecule has 0 aliphatic carbocycles. The molecule has 1 aromatic carbocycles. The van der Waals surface area contributed by atoms with E-state index in [1.165, 1.54) is 24.8 Å². The summed E-state index contributed by atoms with van der Waals surface area (Å²) in [5.74, 6) is 1.31. The molecular formula is C22H28N2O3. The summed E-state index contributed by atoms with van der Waals surface area (Å²) in [5.41, 5.74) is 1.94. The van der Waals surface area contributed by atoms with Gasteiger partial charge in [-0.3, -0.25) is 14.7 Å². The first-order valence-electron chi connectivity index (χ1n) is 9.65. The molecule has 2 heterocycles. The molecule has 3 rings (SSSR count). The fourth-order valence-corrected chi connectivity index (χ4v) is 3.66. The molecule has 5 nitrogen and oxygen atoms in total. The van der Waals surface area contributed by atoms with E-state index in [2.05, 4.69) is 16.0 Å². The number of benzene rings is 1. The largest absolute Gasteiger partial charge is 0.493 e. The van der Waals surface area contributed by atoms with Crippen LogP contribution < -0.4 is 9.47 Å². The molecule has 144 valence electrons. The lowest BCUT2D eigenvalue weighted by molar-refractivity contribution is 0.101. The fourth-order valence-electron chi connectivity index (χ4n) is 3.66. The molecule has 1 saturated heterocycles. The van der Waals surface area contributed by atoms with E-state index in [-0.39, 0.29) is 5.78 Å². The first kappa shape index (κ1) is 19.4. The molecule has 0 unspecified atom stereocenters. The number of pyridine rings is 1. The van der Waals surface area contributed by atoms with Crippen molar-refractivity contribution < 1.29 is 14.3 Å². The van der Waals surface area contributed by atoms with E-state index in [1.54, 1.807) is 26.2 Å². The topological polar surface area (TPSA) is 51.7 Å². The second-order valence-electron chi connectivity index (χ2n) is 6.96. The van der Waals surface area contributed by atoms with E-state index in [0.29, 0.717) is 29.7 Å². The van der Waals surface area contributed by atoms with Crippen molar-refractivity contribution in [1.29, 1.82) is 0 Å². The number of methoxy groups -OCH3 is 1. The molecule has 1 aliphatic rings. The summed E-state index contributed by atoms with van der Waals surface area (Å²) < 4.78 is 11.3. The Morgan fingerprint density at radius 2 is 2.15 bits per heavy atom. The van der Waals surface area contributed by atoms with Crippen molar-refractivity contribution in [3.63, 3.8) is 0 Å². The van der Waals surface area contributed by atoms with Crippen molar-refractivity contribution in [3.05, 3.63) is 53.9 Å². The third-order valence-corrected chi connectivity index (χ3v) is 5.10. The van der Waals surface area contributed by atoms with Crippen molar-refractivity contribution >= 4 is 5.78 Å². The van der Waals surface area contributed by atoms with Gasteiger partial charge >= 0.3 is 0 Å². The molecule has 1 fully saturated rings. The highest BCUT2D eigenvalue weighted by Crippen LogP contribution is 2.31. The Balaban J connectivity index is 1.54. The number of carbonyl (C=O) groups is 1. The van der Waals surface area contributed by atoms with Crippen molar-refractivity contribution in [2.24, 2.45) is 0 Å². The van der Waals surface area contributed by atoms with E-state index in [1.807, 2.05) is 24.5 Å². The zero-order chi connectivity index (χ0) is 19.1. The predicted octanol–water partition coefficient (Wildman–Crippen LogP) is 4.29. The van der Waals surface area contributed by atoms with Crippen molar-refractivity contribution in [3.8, 4) is 11.5 Å². The van der Waals surface area contributed by atoms with Crippen LogP contribution in [0.4, 0.5) is 0 Å². The molecule has 2 aromatic rings. The fraction of sp³-hybridized carbons (Fsp3) is 0.455. The number of ether oxygens (including phenoxy) is 2. The van der Waals surface area contributed by atoms with Crippen LogP contribution in [0.1, 0.15) is 54.6 Å². The lowest BCUT2D eigenvalue weighted by atomic mass is 9.96. The molecule has 1 aliphatic heterocycles. The second-order valence-corrected chi connectivity index (χ2v) is 6.96. The van der Waals surface area contributed by atoms with Crippen LogP contribution in [-0.2, 0) is 0 Å². The molecular weight excluding hydrogens is 340 g/mol. The minimum Gasteiger partial charge on any atom is -0.493 e. The van der Waals surface area contributed by atoms with Gasteiger partial charge in [-0.25, -0.2) is 0 Å². The third-order valence-electron chi connectivity index (χ3n) is 5.10. The Bertz CT molecular complexity index is 748. The summed E-state index contributed by atoms with van der Waals surface area (Å²) in [5, 5.41) is 0. The van der Waals surface area contributed by atoms with Gasteiger partial charge < -0.3 is 9.47 Å². The van der Waals surface area contributed by atoms with E-state index >= 15 is 0 Å². The molecule has 0 bridgehead atoms. The molecule has 0 saturated carbocycles. The Hall–Kier alpha value is -2.40. The number of carbonyl (C=O) groups excluding carboxylic acids is 1. The highest BCUT2D eigenvalue weighted by molar-refractivity contribution is 5.94. The van der Waals surface area contributed by atoms with Gasteiger partial charge in [0, 0.05) is 30.5 Å². The number of aromatic nitrogens is 1. The maximum atomic E-state index is 11.5. The summed E-state index contributed by atoms with van der Waals surface area (Å²) in [6, 6.07) is 9.98. The van der Waals surface area contributed by atoms with E-state index in [0.717, 1.165) is 19.5 Å². The van der Waals surface area contributed by atoms with Crippen LogP contribution in [0.5, 0.6) is 11.5 Å². The maximum Gasteiger partial charge on any atom is 0.161 e. The normalized spacial score (nSPS) is 17.5. The van der Waals surface area contributed by atoms with Gasteiger partial charge in [0.15, 0.2) is 17.3 Å². The molecule has 0 spiro atoms. The molecule has 0 radical (unpaired) electrons. The smallest absolute Gasteiger partial charge is 0.161 e. The minimum atomic E-state index is 0.0198. The van der Waals surface area contributed by atoms with Gasteiger partial charge in [0.2, 0.25) is 0 Å². The zero-order valence-corrected chi connectivity index (χ0v) is 16.2. The number of hydrogen-bond acceptors (Lipinski definition) is 5. The molecule has 0 amide bonds. The average Bonchev–Trinajstić information content (AvgIpc) is 2.72. The molecule has 5 heteroatoms. The molecule has 1 atom stereocenters. The minimum absolute atomic E-state index is 0.0198. The number of nitrogens with zero attached hydrogens (tertiary/aromatic N) is 2. The molecule has 0 N–H and O–H groups in total. The van der Waals surface area contributed by atoms with Gasteiger partial charge in [-0.1, -0.05) is 12.5 Å². The van der Waals surface area contributed by atoms with E-state index < -0.39 is 0 Å². The van der Waals surface area contributed by atoms with E-state index in [9.17, 15) is 4.79 Å². The van der Waals surface area contributed by atoms with Crippen LogP contribution >= 0.6 is 0 Å². The van der Waals surface area contributed by atoms with Crippen LogP contribution in [0.25, 0.3) is 0 Å². The Labute approximate surface area is 161 Å². The third kappa shape index (κ3) is 5.07. The van der Waals surface area contributed by atoms with Crippen LogP contribution in [-0.4, -0.2) is 42.5 Å².